The van der Waals surface area contributed by atoms with Gasteiger partial charge in [0.05, 0.1) is 0 Å². The van der Waals surface area contributed by atoms with Crippen LogP contribution in [-0.4, -0.2) is 47.8 Å². The third-order valence-corrected chi connectivity index (χ3v) is 4.48. The van der Waals surface area contributed by atoms with Crippen molar-refractivity contribution in [2.24, 2.45) is 0 Å². The average Bonchev–Trinajstić information content (AvgIpc) is 2.68. The Morgan fingerprint density at radius 3 is 1.67 bits per heavy atom. The zero-order valence-electron chi connectivity index (χ0n) is 13.9. The number of hydrogen-bond acceptors (Lipinski definition) is 2. The van der Waals surface area contributed by atoms with Crippen LogP contribution in [0, 0.1) is 0 Å². The van der Waals surface area contributed by atoms with E-state index in [0.717, 1.165) is 12.0 Å². The average molecular weight is 322 g/mol. The monoisotopic (exact) mass is 322 g/mol. The largest absolute Gasteiger partial charge is 0.335 e. The van der Waals surface area contributed by atoms with Gasteiger partial charge in [0.2, 0.25) is 0 Å². The highest BCUT2D eigenvalue weighted by atomic mass is 16.2. The minimum absolute atomic E-state index is 0.0370. The van der Waals surface area contributed by atoms with Crippen molar-refractivity contribution in [1.29, 1.82) is 0 Å². The number of aryl methyl sites for hydroxylation is 1. The Balaban J connectivity index is 1.60. The molecule has 2 aromatic carbocycles. The van der Waals surface area contributed by atoms with Crippen LogP contribution in [0.4, 0.5) is 0 Å². The van der Waals surface area contributed by atoms with Crippen molar-refractivity contribution in [2.45, 2.75) is 13.3 Å². The van der Waals surface area contributed by atoms with Gasteiger partial charge in [0.1, 0.15) is 0 Å². The summed E-state index contributed by atoms with van der Waals surface area (Å²) < 4.78 is 0. The van der Waals surface area contributed by atoms with Gasteiger partial charge in [0, 0.05) is 37.3 Å². The van der Waals surface area contributed by atoms with Gasteiger partial charge < -0.3 is 9.80 Å². The summed E-state index contributed by atoms with van der Waals surface area (Å²) in [4.78, 5) is 28.7. The van der Waals surface area contributed by atoms with Gasteiger partial charge >= 0.3 is 0 Å². The Kier molecular flexibility index (Phi) is 4.94. The van der Waals surface area contributed by atoms with Gasteiger partial charge in [0.25, 0.3) is 11.8 Å². The fourth-order valence-electron chi connectivity index (χ4n) is 2.94. The van der Waals surface area contributed by atoms with Crippen LogP contribution < -0.4 is 0 Å². The molecule has 0 aromatic heterocycles. The van der Waals surface area contributed by atoms with Crippen molar-refractivity contribution < 1.29 is 9.59 Å². The minimum atomic E-state index is 0.0370. The zero-order valence-corrected chi connectivity index (χ0v) is 13.9. The molecule has 1 aliphatic rings. The maximum absolute atomic E-state index is 12.6. The maximum Gasteiger partial charge on any atom is 0.253 e. The number of hydrogen-bond donors (Lipinski definition) is 0. The number of piperazine rings is 1. The third kappa shape index (κ3) is 3.48. The fourth-order valence-corrected chi connectivity index (χ4v) is 2.94. The van der Waals surface area contributed by atoms with Gasteiger partial charge in [0.15, 0.2) is 0 Å². The molecule has 0 spiro atoms. The van der Waals surface area contributed by atoms with E-state index in [2.05, 4.69) is 6.92 Å². The molecule has 124 valence electrons. The lowest BCUT2D eigenvalue weighted by atomic mass is 10.1. The van der Waals surface area contributed by atoms with Crippen molar-refractivity contribution in [3.63, 3.8) is 0 Å². The van der Waals surface area contributed by atoms with E-state index in [1.54, 1.807) is 0 Å². The molecular formula is C20H22N2O2. The number of amides is 2. The van der Waals surface area contributed by atoms with Gasteiger partial charge in [-0.1, -0.05) is 37.3 Å². The van der Waals surface area contributed by atoms with E-state index in [-0.39, 0.29) is 11.8 Å². The molecule has 0 bridgehead atoms. The van der Waals surface area contributed by atoms with E-state index in [9.17, 15) is 9.59 Å². The highest BCUT2D eigenvalue weighted by Gasteiger charge is 2.25. The second-order valence-corrected chi connectivity index (χ2v) is 6.00. The van der Waals surface area contributed by atoms with E-state index in [4.69, 9.17) is 0 Å². The number of carbonyl (C=O) groups is 2. The summed E-state index contributed by atoms with van der Waals surface area (Å²) in [5.74, 6) is 0.0828. The molecule has 1 aliphatic heterocycles. The summed E-state index contributed by atoms with van der Waals surface area (Å²) in [6.45, 7) is 4.40. The molecule has 4 nitrogen and oxygen atoms in total. The molecular weight excluding hydrogens is 300 g/mol. The molecule has 1 saturated heterocycles. The topological polar surface area (TPSA) is 40.6 Å². The van der Waals surface area contributed by atoms with E-state index >= 15 is 0 Å². The second kappa shape index (κ2) is 7.30. The molecule has 24 heavy (non-hydrogen) atoms. The quantitative estimate of drug-likeness (QED) is 0.872. The summed E-state index contributed by atoms with van der Waals surface area (Å²) in [6.07, 6.45) is 0.967. The van der Waals surface area contributed by atoms with Crippen molar-refractivity contribution in [1.82, 2.24) is 9.80 Å². The van der Waals surface area contributed by atoms with Crippen LogP contribution in [0.1, 0.15) is 33.2 Å². The number of nitrogens with zero attached hydrogens (tertiary/aromatic N) is 2. The zero-order chi connectivity index (χ0) is 16.9. The molecule has 2 amide bonds. The molecule has 0 aliphatic carbocycles. The van der Waals surface area contributed by atoms with Crippen molar-refractivity contribution in [3.8, 4) is 0 Å². The molecule has 0 N–H and O–H groups in total. The van der Waals surface area contributed by atoms with Crippen LogP contribution in [0.5, 0.6) is 0 Å². The first-order valence-electron chi connectivity index (χ1n) is 8.41. The first-order valence-corrected chi connectivity index (χ1v) is 8.41. The van der Waals surface area contributed by atoms with Crippen molar-refractivity contribution in [2.75, 3.05) is 26.2 Å². The Bertz CT molecular complexity index is 702. The van der Waals surface area contributed by atoms with E-state index < -0.39 is 0 Å². The predicted molar refractivity (Wildman–Crippen MR) is 94.1 cm³/mol. The summed E-state index contributed by atoms with van der Waals surface area (Å²) in [6, 6.07) is 17.1. The molecule has 4 heteroatoms. The molecule has 1 fully saturated rings. The van der Waals surface area contributed by atoms with Crippen molar-refractivity contribution in [3.05, 3.63) is 71.3 Å². The molecule has 0 unspecified atom stereocenters. The van der Waals surface area contributed by atoms with Gasteiger partial charge in [-0.2, -0.15) is 0 Å². The van der Waals surface area contributed by atoms with E-state index in [0.29, 0.717) is 31.7 Å². The summed E-state index contributed by atoms with van der Waals surface area (Å²) in [5, 5.41) is 0. The van der Waals surface area contributed by atoms with Gasteiger partial charge in [-0.15, -0.1) is 0 Å². The Morgan fingerprint density at radius 1 is 0.750 bits per heavy atom. The van der Waals surface area contributed by atoms with Crippen molar-refractivity contribution >= 4 is 11.8 Å². The van der Waals surface area contributed by atoms with E-state index in [1.807, 2.05) is 64.4 Å². The summed E-state index contributed by atoms with van der Waals surface area (Å²) in [7, 11) is 0. The summed E-state index contributed by atoms with van der Waals surface area (Å²) >= 11 is 0. The fraction of sp³-hybridized carbons (Fsp3) is 0.300. The normalized spacial score (nSPS) is 14.5. The Hall–Kier alpha value is -2.62. The smallest absolute Gasteiger partial charge is 0.253 e. The van der Waals surface area contributed by atoms with Gasteiger partial charge in [-0.25, -0.2) is 0 Å². The van der Waals surface area contributed by atoms with Crippen LogP contribution in [0.2, 0.25) is 0 Å². The lowest BCUT2D eigenvalue weighted by molar-refractivity contribution is 0.0535. The molecule has 2 aromatic rings. The predicted octanol–water partition coefficient (Wildman–Crippen LogP) is 2.85. The molecule has 1 heterocycles. The number of benzene rings is 2. The molecule has 0 radical (unpaired) electrons. The molecule has 3 rings (SSSR count). The second-order valence-electron chi connectivity index (χ2n) is 6.00. The van der Waals surface area contributed by atoms with Gasteiger partial charge in [-0.3, -0.25) is 9.59 Å². The highest BCUT2D eigenvalue weighted by Crippen LogP contribution is 2.13. The number of carbonyl (C=O) groups excluding carboxylic acids is 2. The van der Waals surface area contributed by atoms with Crippen LogP contribution in [-0.2, 0) is 6.42 Å². The standard InChI is InChI=1S/C20H22N2O2/c1-2-16-8-10-18(11-9-16)20(24)22-14-12-21(13-15-22)19(23)17-6-4-3-5-7-17/h3-11H,2,12-15H2,1H3. The lowest BCUT2D eigenvalue weighted by Gasteiger charge is -2.35. The van der Waals surface area contributed by atoms with Crippen LogP contribution >= 0.6 is 0 Å². The first kappa shape index (κ1) is 16.2. The minimum Gasteiger partial charge on any atom is -0.335 e. The SMILES string of the molecule is CCc1ccc(C(=O)N2CCN(C(=O)c3ccccc3)CC2)cc1. The van der Waals surface area contributed by atoms with Crippen LogP contribution in [0.25, 0.3) is 0 Å². The Morgan fingerprint density at radius 2 is 1.21 bits per heavy atom. The van der Waals surface area contributed by atoms with Gasteiger partial charge in [-0.05, 0) is 36.2 Å². The number of rotatable bonds is 3. The maximum atomic E-state index is 12.6. The van der Waals surface area contributed by atoms with E-state index in [1.165, 1.54) is 5.56 Å². The molecule has 0 atom stereocenters. The Labute approximate surface area is 142 Å². The van der Waals surface area contributed by atoms with Crippen LogP contribution in [0.15, 0.2) is 54.6 Å². The third-order valence-electron chi connectivity index (χ3n) is 4.48. The summed E-state index contributed by atoms with van der Waals surface area (Å²) in [5.41, 5.74) is 2.65. The van der Waals surface area contributed by atoms with Crippen LogP contribution in [0.3, 0.4) is 0 Å². The highest BCUT2D eigenvalue weighted by molar-refractivity contribution is 5.96. The lowest BCUT2D eigenvalue weighted by Crippen LogP contribution is -2.50. The molecule has 0 saturated carbocycles. The first-order chi connectivity index (χ1) is 11.7.